The molecule has 4 aromatic rings. The zero-order chi connectivity index (χ0) is 18.1. The van der Waals surface area contributed by atoms with E-state index >= 15 is 0 Å². The molecule has 4 heteroatoms. The van der Waals surface area contributed by atoms with E-state index in [4.69, 9.17) is 4.98 Å². The molecule has 2 heterocycles. The second-order valence-electron chi connectivity index (χ2n) is 6.46. The molecule has 4 rings (SSSR count). The molecular formula is C22H20BrN3. The number of aromatic nitrogens is 2. The van der Waals surface area contributed by atoms with Crippen LogP contribution in [0.25, 0.3) is 5.65 Å². The lowest BCUT2D eigenvalue weighted by Gasteiger charge is -2.21. The number of aryl methyl sites for hydroxylation is 2. The number of rotatable bonds is 4. The molecule has 0 amide bonds. The Morgan fingerprint density at radius 1 is 0.923 bits per heavy atom. The van der Waals surface area contributed by atoms with Gasteiger partial charge in [-0.3, -0.25) is 0 Å². The fourth-order valence-corrected chi connectivity index (χ4v) is 3.62. The van der Waals surface area contributed by atoms with Gasteiger partial charge in [0.25, 0.3) is 0 Å². The topological polar surface area (TPSA) is 29.3 Å². The molecule has 0 aliphatic carbocycles. The molecule has 2 aromatic carbocycles. The van der Waals surface area contributed by atoms with Gasteiger partial charge in [0, 0.05) is 16.4 Å². The lowest BCUT2D eigenvalue weighted by molar-refractivity contribution is 0.856. The Labute approximate surface area is 161 Å². The molecular weight excluding hydrogens is 386 g/mol. The average molecular weight is 406 g/mol. The maximum atomic E-state index is 4.83. The summed E-state index contributed by atoms with van der Waals surface area (Å²) in [6.07, 6.45) is 2.09. The van der Waals surface area contributed by atoms with Crippen molar-refractivity contribution in [1.29, 1.82) is 0 Å². The van der Waals surface area contributed by atoms with E-state index < -0.39 is 0 Å². The predicted molar refractivity (Wildman–Crippen MR) is 111 cm³/mol. The van der Waals surface area contributed by atoms with Crippen molar-refractivity contribution >= 4 is 27.3 Å². The molecule has 0 aliphatic rings. The van der Waals surface area contributed by atoms with E-state index in [1.165, 1.54) is 11.1 Å². The van der Waals surface area contributed by atoms with Gasteiger partial charge in [-0.05, 0) is 55.3 Å². The number of hydrogen-bond acceptors (Lipinski definition) is 2. The van der Waals surface area contributed by atoms with E-state index in [1.807, 2.05) is 6.07 Å². The molecule has 0 fully saturated rings. The summed E-state index contributed by atoms with van der Waals surface area (Å²) in [7, 11) is 0. The molecule has 1 atom stereocenters. The Morgan fingerprint density at radius 3 is 2.38 bits per heavy atom. The van der Waals surface area contributed by atoms with Crippen molar-refractivity contribution in [3.05, 3.63) is 99.9 Å². The van der Waals surface area contributed by atoms with Crippen LogP contribution in [0.3, 0.4) is 0 Å². The van der Waals surface area contributed by atoms with Gasteiger partial charge < -0.3 is 9.72 Å². The average Bonchev–Trinajstić information content (AvgIpc) is 2.99. The zero-order valence-electron chi connectivity index (χ0n) is 14.8. The highest BCUT2D eigenvalue weighted by atomic mass is 79.9. The van der Waals surface area contributed by atoms with Gasteiger partial charge in [0.05, 0.1) is 17.4 Å². The van der Waals surface area contributed by atoms with Crippen LogP contribution in [0.2, 0.25) is 0 Å². The minimum Gasteiger partial charge on any atom is -0.373 e. The summed E-state index contributed by atoms with van der Waals surface area (Å²) in [5.41, 5.74) is 6.68. The van der Waals surface area contributed by atoms with Gasteiger partial charge in [0.1, 0.15) is 5.65 Å². The molecule has 0 spiro atoms. The first kappa shape index (κ1) is 16.9. The van der Waals surface area contributed by atoms with Crippen LogP contribution in [-0.4, -0.2) is 9.38 Å². The number of anilines is 1. The van der Waals surface area contributed by atoms with E-state index in [0.717, 1.165) is 27.2 Å². The van der Waals surface area contributed by atoms with Crippen LogP contribution >= 0.6 is 15.9 Å². The third kappa shape index (κ3) is 3.13. The summed E-state index contributed by atoms with van der Waals surface area (Å²) in [4.78, 5) is 4.83. The quantitative estimate of drug-likeness (QED) is 0.456. The van der Waals surface area contributed by atoms with Crippen LogP contribution in [0.4, 0.5) is 5.69 Å². The maximum absolute atomic E-state index is 4.83. The van der Waals surface area contributed by atoms with Crippen molar-refractivity contribution in [1.82, 2.24) is 9.38 Å². The lowest BCUT2D eigenvalue weighted by Crippen LogP contribution is -2.15. The highest BCUT2D eigenvalue weighted by Gasteiger charge is 2.22. The van der Waals surface area contributed by atoms with Crippen LogP contribution in [0.1, 0.15) is 28.6 Å². The van der Waals surface area contributed by atoms with Gasteiger partial charge in [-0.2, -0.15) is 0 Å². The molecule has 0 aliphatic heterocycles. The zero-order valence-corrected chi connectivity index (χ0v) is 16.4. The molecule has 130 valence electrons. The number of fused-ring (bicyclic) bond motifs is 1. The van der Waals surface area contributed by atoms with Crippen LogP contribution in [0, 0.1) is 13.8 Å². The van der Waals surface area contributed by atoms with Crippen molar-refractivity contribution in [2.75, 3.05) is 5.32 Å². The second kappa shape index (κ2) is 6.96. The molecule has 0 saturated carbocycles. The van der Waals surface area contributed by atoms with Crippen molar-refractivity contribution in [2.45, 2.75) is 19.9 Å². The molecule has 0 unspecified atom stereocenters. The van der Waals surface area contributed by atoms with Gasteiger partial charge in [0.2, 0.25) is 0 Å². The highest BCUT2D eigenvalue weighted by molar-refractivity contribution is 9.10. The van der Waals surface area contributed by atoms with E-state index in [9.17, 15) is 0 Å². The first-order valence-electron chi connectivity index (χ1n) is 8.65. The lowest BCUT2D eigenvalue weighted by atomic mass is 10.0. The summed E-state index contributed by atoms with van der Waals surface area (Å²) < 4.78 is 3.27. The number of hydrogen-bond donors (Lipinski definition) is 1. The van der Waals surface area contributed by atoms with Crippen molar-refractivity contribution in [2.24, 2.45) is 0 Å². The number of pyridine rings is 1. The minimum absolute atomic E-state index is 0.00850. The Hall–Kier alpha value is -2.59. The number of nitrogens with one attached hydrogen (secondary N) is 1. The Balaban J connectivity index is 1.87. The normalized spacial score (nSPS) is 12.3. The number of halogens is 1. The Kier molecular flexibility index (Phi) is 4.51. The molecule has 2 aromatic heterocycles. The predicted octanol–water partition coefficient (Wildman–Crippen LogP) is 5.92. The molecule has 1 N–H and O–H groups in total. The molecule has 3 nitrogen and oxygen atoms in total. The first-order valence-corrected chi connectivity index (χ1v) is 9.44. The van der Waals surface area contributed by atoms with Crippen molar-refractivity contribution in [3.63, 3.8) is 0 Å². The van der Waals surface area contributed by atoms with Gasteiger partial charge in [-0.1, -0.05) is 52.3 Å². The van der Waals surface area contributed by atoms with E-state index in [1.54, 1.807) is 0 Å². The van der Waals surface area contributed by atoms with E-state index in [-0.39, 0.29) is 6.04 Å². The summed E-state index contributed by atoms with van der Waals surface area (Å²) in [5, 5.41) is 3.70. The van der Waals surface area contributed by atoms with Crippen molar-refractivity contribution in [3.8, 4) is 0 Å². The van der Waals surface area contributed by atoms with Crippen LogP contribution in [0.5, 0.6) is 0 Å². The Morgan fingerprint density at radius 2 is 1.65 bits per heavy atom. The molecule has 26 heavy (non-hydrogen) atoms. The minimum atomic E-state index is 0.00850. The molecule has 0 saturated heterocycles. The van der Waals surface area contributed by atoms with Crippen LogP contribution in [0.15, 0.2) is 77.4 Å². The van der Waals surface area contributed by atoms with E-state index in [0.29, 0.717) is 0 Å². The van der Waals surface area contributed by atoms with E-state index in [2.05, 4.69) is 106 Å². The first-order chi connectivity index (χ1) is 12.6. The summed E-state index contributed by atoms with van der Waals surface area (Å²) >= 11 is 3.51. The number of imidazole rings is 1. The Bertz CT molecular complexity index is 1040. The monoisotopic (exact) mass is 405 g/mol. The molecule has 0 radical (unpaired) electrons. The maximum Gasteiger partial charge on any atom is 0.140 e. The van der Waals surface area contributed by atoms with Gasteiger partial charge in [-0.25, -0.2) is 4.98 Å². The smallest absolute Gasteiger partial charge is 0.140 e. The summed E-state index contributed by atoms with van der Waals surface area (Å²) in [6, 6.07) is 23.0. The van der Waals surface area contributed by atoms with Crippen molar-refractivity contribution < 1.29 is 0 Å². The van der Waals surface area contributed by atoms with Crippen LogP contribution in [-0.2, 0) is 0 Å². The molecule has 0 bridgehead atoms. The van der Waals surface area contributed by atoms with Gasteiger partial charge in [0.15, 0.2) is 0 Å². The third-order valence-corrected chi connectivity index (χ3v) is 5.16. The number of benzene rings is 2. The summed E-state index contributed by atoms with van der Waals surface area (Å²) in [5.74, 6) is 0. The van der Waals surface area contributed by atoms with Gasteiger partial charge in [-0.15, -0.1) is 0 Å². The van der Waals surface area contributed by atoms with Crippen LogP contribution < -0.4 is 5.32 Å². The fourth-order valence-electron chi connectivity index (χ4n) is 3.35. The summed E-state index contributed by atoms with van der Waals surface area (Å²) in [6.45, 7) is 4.19. The number of nitrogens with zero attached hydrogens (tertiary/aromatic N) is 2. The second-order valence-corrected chi connectivity index (χ2v) is 7.38. The standard InChI is InChI=1S/C22H20BrN3/c1-15-7-6-14-26-21(16(2)24-22(15)26)20(17-8-4-3-5-9-17)25-19-12-10-18(23)11-13-19/h3-14,20,25H,1-2H3/t20-/m0/s1. The fraction of sp³-hybridized carbons (Fsp3) is 0.136. The van der Waals surface area contributed by atoms with Gasteiger partial charge >= 0.3 is 0 Å². The largest absolute Gasteiger partial charge is 0.373 e. The third-order valence-electron chi connectivity index (χ3n) is 4.63. The SMILES string of the molecule is Cc1nc2c(C)cccn2c1[C@@H](Nc1ccc(Br)cc1)c1ccccc1. The highest BCUT2D eigenvalue weighted by Crippen LogP contribution is 2.30.